The molecule has 138 valence electrons. The highest BCUT2D eigenvalue weighted by atomic mass is 16.5. The first-order chi connectivity index (χ1) is 12.7. The molecule has 1 amide bonds. The molecule has 0 radical (unpaired) electrons. The van der Waals surface area contributed by atoms with E-state index in [4.69, 9.17) is 14.2 Å². The Kier molecular flexibility index (Phi) is 5.73. The van der Waals surface area contributed by atoms with E-state index in [1.54, 1.807) is 55.8 Å². The Labute approximate surface area is 152 Å². The number of carbonyl (C=O) groups excluding carboxylic acids is 1. The fraction of sp³-hybridized carbons (Fsp3) is 0.389. The molecule has 3 rings (SSSR count). The highest BCUT2D eigenvalue weighted by Gasteiger charge is 2.22. The molecule has 0 N–H and O–H groups in total. The van der Waals surface area contributed by atoms with Gasteiger partial charge in [-0.25, -0.2) is 9.97 Å². The smallest absolute Gasteiger partial charge is 0.260 e. The number of anilines is 1. The van der Waals surface area contributed by atoms with Crippen LogP contribution in [0, 0.1) is 0 Å². The van der Waals surface area contributed by atoms with E-state index in [2.05, 4.69) is 14.9 Å². The number of benzene rings is 1. The first kappa shape index (κ1) is 17.8. The van der Waals surface area contributed by atoms with Gasteiger partial charge in [0.1, 0.15) is 17.2 Å². The molecule has 0 aliphatic carbocycles. The molecule has 0 saturated carbocycles. The Morgan fingerprint density at radius 1 is 0.962 bits per heavy atom. The summed E-state index contributed by atoms with van der Waals surface area (Å²) in [6, 6.07) is 6.98. The van der Waals surface area contributed by atoms with Crippen LogP contribution < -0.4 is 19.1 Å². The van der Waals surface area contributed by atoms with E-state index in [-0.39, 0.29) is 12.5 Å². The standard InChI is InChI=1S/C18H22N4O4/c1-24-14-10-15(25-2)12-16(11-14)26-13-17(23)21-6-8-22(9-7-21)18-19-4-3-5-20-18/h3-5,10-12H,6-9,13H2,1-2H3. The van der Waals surface area contributed by atoms with Gasteiger partial charge in [-0.3, -0.25) is 4.79 Å². The van der Waals surface area contributed by atoms with Gasteiger partial charge in [0.2, 0.25) is 5.95 Å². The zero-order chi connectivity index (χ0) is 18.4. The average Bonchev–Trinajstić information content (AvgIpc) is 2.72. The molecule has 0 bridgehead atoms. The van der Waals surface area contributed by atoms with Gasteiger partial charge in [0.25, 0.3) is 5.91 Å². The van der Waals surface area contributed by atoms with Gasteiger partial charge in [0.05, 0.1) is 14.2 Å². The minimum absolute atomic E-state index is 0.0296. The predicted molar refractivity (Wildman–Crippen MR) is 95.9 cm³/mol. The second-order valence-electron chi connectivity index (χ2n) is 5.75. The molecule has 1 fully saturated rings. The zero-order valence-electron chi connectivity index (χ0n) is 14.9. The summed E-state index contributed by atoms with van der Waals surface area (Å²) in [6.45, 7) is 2.59. The number of piperazine rings is 1. The summed E-state index contributed by atoms with van der Waals surface area (Å²) in [6.07, 6.45) is 3.44. The van der Waals surface area contributed by atoms with Crippen LogP contribution in [0.2, 0.25) is 0 Å². The highest BCUT2D eigenvalue weighted by molar-refractivity contribution is 5.78. The predicted octanol–water partition coefficient (Wildman–Crippen LogP) is 1.22. The molecule has 2 aromatic rings. The van der Waals surface area contributed by atoms with Gasteiger partial charge in [-0.15, -0.1) is 0 Å². The van der Waals surface area contributed by atoms with Crippen molar-refractivity contribution in [2.75, 3.05) is 51.9 Å². The van der Waals surface area contributed by atoms with E-state index in [1.807, 2.05) is 0 Å². The van der Waals surface area contributed by atoms with Crippen molar-refractivity contribution in [3.63, 3.8) is 0 Å². The molecule has 2 heterocycles. The quantitative estimate of drug-likeness (QED) is 0.768. The van der Waals surface area contributed by atoms with Crippen molar-refractivity contribution in [3.8, 4) is 17.2 Å². The first-order valence-corrected chi connectivity index (χ1v) is 8.35. The molecule has 8 nitrogen and oxygen atoms in total. The van der Waals surface area contributed by atoms with Crippen LogP contribution in [0.3, 0.4) is 0 Å². The molecule has 0 unspecified atom stereocenters. The molecule has 0 spiro atoms. The van der Waals surface area contributed by atoms with Crippen LogP contribution in [0.4, 0.5) is 5.95 Å². The largest absolute Gasteiger partial charge is 0.496 e. The normalized spacial score (nSPS) is 14.1. The van der Waals surface area contributed by atoms with Crippen LogP contribution in [0.1, 0.15) is 0 Å². The topological polar surface area (TPSA) is 77.0 Å². The molecule has 0 atom stereocenters. The summed E-state index contributed by atoms with van der Waals surface area (Å²) in [7, 11) is 3.14. The summed E-state index contributed by atoms with van der Waals surface area (Å²) >= 11 is 0. The number of methoxy groups -OCH3 is 2. The third-order valence-corrected chi connectivity index (χ3v) is 4.15. The number of aromatic nitrogens is 2. The lowest BCUT2D eigenvalue weighted by molar-refractivity contribution is -0.133. The number of amides is 1. The van der Waals surface area contributed by atoms with Crippen LogP contribution in [-0.2, 0) is 4.79 Å². The summed E-state index contributed by atoms with van der Waals surface area (Å²) in [5, 5.41) is 0. The Morgan fingerprint density at radius 2 is 1.54 bits per heavy atom. The SMILES string of the molecule is COc1cc(OC)cc(OCC(=O)N2CCN(c3ncccn3)CC2)c1. The lowest BCUT2D eigenvalue weighted by Gasteiger charge is -2.34. The number of nitrogens with zero attached hydrogens (tertiary/aromatic N) is 4. The second-order valence-corrected chi connectivity index (χ2v) is 5.75. The first-order valence-electron chi connectivity index (χ1n) is 8.35. The molecular weight excluding hydrogens is 336 g/mol. The van der Waals surface area contributed by atoms with Gasteiger partial charge in [0.15, 0.2) is 6.61 Å². The van der Waals surface area contributed by atoms with Gasteiger partial charge in [0, 0.05) is 56.8 Å². The fourth-order valence-corrected chi connectivity index (χ4v) is 2.71. The van der Waals surface area contributed by atoms with Crippen molar-refractivity contribution in [2.45, 2.75) is 0 Å². The van der Waals surface area contributed by atoms with Crippen molar-refractivity contribution in [2.24, 2.45) is 0 Å². The van der Waals surface area contributed by atoms with E-state index < -0.39 is 0 Å². The maximum atomic E-state index is 12.4. The number of rotatable bonds is 6. The van der Waals surface area contributed by atoms with E-state index in [9.17, 15) is 4.79 Å². The molecule has 1 aliphatic rings. The average molecular weight is 358 g/mol. The lowest BCUT2D eigenvalue weighted by Crippen LogP contribution is -2.50. The lowest BCUT2D eigenvalue weighted by atomic mass is 10.3. The molecule has 1 aromatic carbocycles. The van der Waals surface area contributed by atoms with Crippen molar-refractivity contribution in [3.05, 3.63) is 36.7 Å². The van der Waals surface area contributed by atoms with E-state index in [0.717, 1.165) is 0 Å². The molecule has 1 aromatic heterocycles. The van der Waals surface area contributed by atoms with E-state index >= 15 is 0 Å². The Bertz CT molecular complexity index is 711. The third-order valence-electron chi connectivity index (χ3n) is 4.15. The maximum Gasteiger partial charge on any atom is 0.260 e. The molecular formula is C18H22N4O4. The maximum absolute atomic E-state index is 12.4. The van der Waals surface area contributed by atoms with Crippen molar-refractivity contribution in [1.29, 1.82) is 0 Å². The van der Waals surface area contributed by atoms with Crippen LogP contribution >= 0.6 is 0 Å². The number of ether oxygens (including phenoxy) is 3. The zero-order valence-corrected chi connectivity index (χ0v) is 14.9. The van der Waals surface area contributed by atoms with Gasteiger partial charge < -0.3 is 24.0 Å². The second kappa shape index (κ2) is 8.37. The van der Waals surface area contributed by atoms with Crippen LogP contribution in [0.5, 0.6) is 17.2 Å². The molecule has 26 heavy (non-hydrogen) atoms. The number of carbonyl (C=O) groups is 1. The summed E-state index contributed by atoms with van der Waals surface area (Å²) in [5.41, 5.74) is 0. The van der Waals surface area contributed by atoms with Gasteiger partial charge in [-0.1, -0.05) is 0 Å². The van der Waals surface area contributed by atoms with E-state index in [0.29, 0.717) is 49.4 Å². The summed E-state index contributed by atoms with van der Waals surface area (Å²) in [4.78, 5) is 24.8. The summed E-state index contributed by atoms with van der Waals surface area (Å²) in [5.74, 6) is 2.40. The van der Waals surface area contributed by atoms with Crippen molar-refractivity contribution < 1.29 is 19.0 Å². The van der Waals surface area contributed by atoms with Gasteiger partial charge >= 0.3 is 0 Å². The van der Waals surface area contributed by atoms with Crippen molar-refractivity contribution >= 4 is 11.9 Å². The third kappa shape index (κ3) is 4.33. The Balaban J connectivity index is 1.52. The van der Waals surface area contributed by atoms with Crippen LogP contribution in [0.15, 0.2) is 36.7 Å². The van der Waals surface area contributed by atoms with Gasteiger partial charge in [-0.2, -0.15) is 0 Å². The Morgan fingerprint density at radius 3 is 2.12 bits per heavy atom. The fourth-order valence-electron chi connectivity index (χ4n) is 2.71. The number of hydrogen-bond donors (Lipinski definition) is 0. The van der Waals surface area contributed by atoms with Crippen LogP contribution in [-0.4, -0.2) is 67.8 Å². The van der Waals surface area contributed by atoms with E-state index in [1.165, 1.54) is 0 Å². The van der Waals surface area contributed by atoms with Crippen LogP contribution in [0.25, 0.3) is 0 Å². The van der Waals surface area contributed by atoms with Gasteiger partial charge in [-0.05, 0) is 6.07 Å². The molecule has 1 aliphatic heterocycles. The highest BCUT2D eigenvalue weighted by Crippen LogP contribution is 2.27. The molecule has 8 heteroatoms. The summed E-state index contributed by atoms with van der Waals surface area (Å²) < 4.78 is 16.0. The minimum Gasteiger partial charge on any atom is -0.496 e. The number of hydrogen-bond acceptors (Lipinski definition) is 7. The monoisotopic (exact) mass is 358 g/mol. The minimum atomic E-state index is -0.0552. The Hall–Kier alpha value is -3.03. The van der Waals surface area contributed by atoms with Crippen molar-refractivity contribution in [1.82, 2.24) is 14.9 Å². The molecule has 1 saturated heterocycles.